The summed E-state index contributed by atoms with van der Waals surface area (Å²) in [7, 11) is 1.30. The number of fused-ring (bicyclic) bond motifs is 1. The second-order valence-electron chi connectivity index (χ2n) is 17.4. The third-order valence-electron chi connectivity index (χ3n) is 11.8. The fraction of sp³-hybridized carbons (Fsp3) is 0.444. The normalized spacial score (nSPS) is 20.7. The van der Waals surface area contributed by atoms with Crippen molar-refractivity contribution in [3.8, 4) is 22.4 Å². The van der Waals surface area contributed by atoms with E-state index in [4.69, 9.17) is 19.5 Å². The molecule has 1 spiro atoms. The number of ether oxygens (including phenoxy) is 2. The molecule has 3 aliphatic heterocycles. The minimum absolute atomic E-state index is 0.0111. The van der Waals surface area contributed by atoms with E-state index in [2.05, 4.69) is 71.0 Å². The molecule has 11 heteroatoms. The predicted octanol–water partition coefficient (Wildman–Crippen LogP) is 8.92. The standard InChI is InChI=1S/C45H52N6O5/c1-27(2)39(49-42(53)55-6)41(52)50-19-7-8-37(50)40-47-25-36(48-40)33-16-15-31-20-30(13-14-32(31)21-33)28-9-11-29(12-10-28)34-22-35(46-24-34)38-23-45(17-18-45)26-51(38)43(54)56-44(3,4)5/h9-16,20-21,24-25,27,37-39H,7-8,17-19,22-23,26H2,1-6H3,(H,47,48)(H,49,53)/t37-,38-,39-/m0/s1. The molecule has 11 nitrogen and oxygen atoms in total. The first kappa shape index (κ1) is 37.5. The number of aromatic nitrogens is 2. The van der Waals surface area contributed by atoms with Crippen LogP contribution in [0, 0.1) is 11.3 Å². The number of benzene rings is 3. The minimum atomic E-state index is -0.676. The second-order valence-corrected chi connectivity index (χ2v) is 17.4. The first-order valence-corrected chi connectivity index (χ1v) is 19.9. The highest BCUT2D eigenvalue weighted by Gasteiger charge is 2.55. The summed E-state index contributed by atoms with van der Waals surface area (Å²) in [4.78, 5) is 55.6. The van der Waals surface area contributed by atoms with Gasteiger partial charge in [-0.3, -0.25) is 14.7 Å². The molecule has 0 unspecified atom stereocenters. The molecule has 0 bridgehead atoms. The highest BCUT2D eigenvalue weighted by Crippen LogP contribution is 2.55. The number of alkyl carbamates (subject to hydrolysis) is 1. The summed E-state index contributed by atoms with van der Waals surface area (Å²) >= 11 is 0. The molecule has 56 heavy (non-hydrogen) atoms. The number of rotatable bonds is 8. The average Bonchev–Trinajstić information content (AvgIpc) is 3.71. The number of methoxy groups -OCH3 is 1. The zero-order chi connectivity index (χ0) is 39.4. The zero-order valence-corrected chi connectivity index (χ0v) is 33.2. The van der Waals surface area contributed by atoms with E-state index in [1.807, 2.05) is 56.8 Å². The summed E-state index contributed by atoms with van der Waals surface area (Å²) < 4.78 is 10.6. The molecule has 4 aromatic rings. The van der Waals surface area contributed by atoms with Crippen molar-refractivity contribution in [2.45, 2.75) is 96.9 Å². The molecule has 3 amide bonds. The largest absolute Gasteiger partial charge is 0.453 e. The second kappa shape index (κ2) is 14.6. The van der Waals surface area contributed by atoms with Crippen molar-refractivity contribution in [1.29, 1.82) is 0 Å². The number of nitrogens with zero attached hydrogens (tertiary/aromatic N) is 4. The Morgan fingerprint density at radius 2 is 1.59 bits per heavy atom. The number of amides is 3. The van der Waals surface area contributed by atoms with Crippen molar-refractivity contribution in [1.82, 2.24) is 25.1 Å². The van der Waals surface area contributed by atoms with Crippen LogP contribution in [0.4, 0.5) is 9.59 Å². The van der Waals surface area contributed by atoms with Crippen LogP contribution in [0.15, 0.2) is 78.1 Å². The highest BCUT2D eigenvalue weighted by atomic mass is 16.6. The van der Waals surface area contributed by atoms with Crippen LogP contribution >= 0.6 is 0 Å². The molecule has 3 fully saturated rings. The molecule has 3 atom stereocenters. The van der Waals surface area contributed by atoms with Crippen LogP contribution < -0.4 is 5.32 Å². The molecule has 2 N–H and O–H groups in total. The molecule has 1 aliphatic carbocycles. The van der Waals surface area contributed by atoms with E-state index in [0.29, 0.717) is 6.54 Å². The van der Waals surface area contributed by atoms with Crippen LogP contribution in [-0.4, -0.2) is 81.5 Å². The number of carbonyl (C=O) groups is 3. The summed E-state index contributed by atoms with van der Waals surface area (Å²) in [6.45, 7) is 10.9. The van der Waals surface area contributed by atoms with Crippen molar-refractivity contribution < 1.29 is 23.9 Å². The van der Waals surface area contributed by atoms with E-state index in [-0.39, 0.29) is 35.4 Å². The number of H-pyrrole nitrogens is 1. The molecule has 1 aromatic heterocycles. The van der Waals surface area contributed by atoms with Gasteiger partial charge in [0, 0.05) is 37.0 Å². The van der Waals surface area contributed by atoms with Crippen LogP contribution in [0.3, 0.4) is 0 Å². The molecule has 2 saturated heterocycles. The third kappa shape index (κ3) is 7.55. The van der Waals surface area contributed by atoms with Gasteiger partial charge in [-0.05, 0) is 109 Å². The number of imidazole rings is 1. The van der Waals surface area contributed by atoms with Gasteiger partial charge in [0.25, 0.3) is 0 Å². The fourth-order valence-electron chi connectivity index (χ4n) is 8.55. The molecule has 1 saturated carbocycles. The van der Waals surface area contributed by atoms with Crippen LogP contribution in [0.25, 0.3) is 38.7 Å². The first-order valence-electron chi connectivity index (χ1n) is 19.9. The SMILES string of the molecule is COC(=O)N[C@H](C(=O)N1CCC[C@H]1c1ncc(-c2ccc3cc(-c4ccc(C5=CN=C([C@@H]6CC7(CC7)CN6C(=O)OC(C)(C)C)C5)cc4)ccc3c2)[nH]1)C(C)C. The Bertz CT molecular complexity index is 2230. The zero-order valence-electron chi connectivity index (χ0n) is 33.2. The van der Waals surface area contributed by atoms with Gasteiger partial charge in [0.1, 0.15) is 17.5 Å². The van der Waals surface area contributed by atoms with Crippen molar-refractivity contribution >= 4 is 40.2 Å². The molecular formula is C45H52N6O5. The van der Waals surface area contributed by atoms with Crippen molar-refractivity contribution in [3.63, 3.8) is 0 Å². The summed E-state index contributed by atoms with van der Waals surface area (Å²) in [5, 5.41) is 4.96. The van der Waals surface area contributed by atoms with Crippen molar-refractivity contribution in [2.24, 2.45) is 16.3 Å². The molecule has 8 rings (SSSR count). The monoisotopic (exact) mass is 756 g/mol. The van der Waals surface area contributed by atoms with Gasteiger partial charge < -0.3 is 24.7 Å². The Labute approximate surface area is 328 Å². The third-order valence-corrected chi connectivity index (χ3v) is 11.8. The summed E-state index contributed by atoms with van der Waals surface area (Å²) in [6.07, 6.45) is 8.66. The Morgan fingerprint density at radius 3 is 2.27 bits per heavy atom. The topological polar surface area (TPSA) is 129 Å². The van der Waals surface area contributed by atoms with Crippen molar-refractivity contribution in [3.05, 3.63) is 84.4 Å². The maximum atomic E-state index is 13.6. The Balaban J connectivity index is 0.925. The lowest BCUT2D eigenvalue weighted by Crippen LogP contribution is -2.51. The fourth-order valence-corrected chi connectivity index (χ4v) is 8.55. The van der Waals surface area contributed by atoms with E-state index in [0.717, 1.165) is 82.5 Å². The minimum Gasteiger partial charge on any atom is -0.453 e. The number of hydrogen-bond acceptors (Lipinski definition) is 7. The van der Waals surface area contributed by atoms with Gasteiger partial charge in [-0.25, -0.2) is 14.6 Å². The number of nitrogens with one attached hydrogen (secondary N) is 2. The average molecular weight is 757 g/mol. The van der Waals surface area contributed by atoms with E-state index < -0.39 is 17.7 Å². The number of hydrogen-bond donors (Lipinski definition) is 2. The van der Waals surface area contributed by atoms with Crippen LogP contribution in [0.5, 0.6) is 0 Å². The lowest BCUT2D eigenvalue weighted by Gasteiger charge is -2.30. The van der Waals surface area contributed by atoms with E-state index in [1.165, 1.54) is 25.5 Å². The van der Waals surface area contributed by atoms with E-state index >= 15 is 0 Å². The summed E-state index contributed by atoms with van der Waals surface area (Å²) in [5.41, 5.74) is 7.25. The van der Waals surface area contributed by atoms with Crippen LogP contribution in [0.1, 0.15) is 90.6 Å². The molecule has 4 aliphatic rings. The van der Waals surface area contributed by atoms with Gasteiger partial charge in [0.05, 0.1) is 31.1 Å². The van der Waals surface area contributed by atoms with E-state index in [9.17, 15) is 14.4 Å². The van der Waals surface area contributed by atoms with Gasteiger partial charge in [0.2, 0.25) is 5.91 Å². The Hall–Kier alpha value is -5.45. The van der Waals surface area contributed by atoms with Gasteiger partial charge in [-0.15, -0.1) is 0 Å². The van der Waals surface area contributed by atoms with E-state index in [1.54, 1.807) is 0 Å². The smallest absolute Gasteiger partial charge is 0.410 e. The molecule has 3 aromatic carbocycles. The van der Waals surface area contributed by atoms with Gasteiger partial charge in [-0.2, -0.15) is 0 Å². The number of carbonyl (C=O) groups excluding carboxylic acids is 3. The Kier molecular flexibility index (Phi) is 9.75. The Morgan fingerprint density at radius 1 is 0.911 bits per heavy atom. The number of allylic oxidation sites excluding steroid dienone is 1. The molecular weight excluding hydrogens is 705 g/mol. The molecule has 4 heterocycles. The number of aromatic amines is 1. The number of aliphatic imine (C=N–C) groups is 1. The first-order chi connectivity index (χ1) is 26.8. The summed E-state index contributed by atoms with van der Waals surface area (Å²) in [6, 6.07) is 20.7. The predicted molar refractivity (Wildman–Crippen MR) is 218 cm³/mol. The maximum Gasteiger partial charge on any atom is 0.410 e. The maximum absolute atomic E-state index is 13.6. The van der Waals surface area contributed by atoms with Gasteiger partial charge in [-0.1, -0.05) is 62.4 Å². The van der Waals surface area contributed by atoms with Crippen molar-refractivity contribution in [2.75, 3.05) is 20.2 Å². The van der Waals surface area contributed by atoms with Crippen LogP contribution in [-0.2, 0) is 14.3 Å². The van der Waals surface area contributed by atoms with Crippen LogP contribution in [0.2, 0.25) is 0 Å². The number of likely N-dealkylation sites (tertiary alicyclic amines) is 2. The van der Waals surface area contributed by atoms with Gasteiger partial charge in [0.15, 0.2) is 0 Å². The highest BCUT2D eigenvalue weighted by molar-refractivity contribution is 6.03. The summed E-state index contributed by atoms with van der Waals surface area (Å²) in [5.74, 6) is 0.525. The van der Waals surface area contributed by atoms with Gasteiger partial charge >= 0.3 is 12.2 Å². The lowest BCUT2D eigenvalue weighted by atomic mass is 9.94. The molecule has 0 radical (unpaired) electrons. The quantitative estimate of drug-likeness (QED) is 0.185. The molecule has 292 valence electrons. The lowest BCUT2D eigenvalue weighted by molar-refractivity contribution is -0.135.